The average Bonchev–Trinajstić information content (AvgIpc) is 3.36. The van der Waals surface area contributed by atoms with Gasteiger partial charge in [-0.3, -0.25) is 14.4 Å². The fraction of sp³-hybridized carbons (Fsp3) is 0.609. The molecule has 394 valence electrons. The Morgan fingerprint density at radius 3 is 0.929 bits per heavy atom. The van der Waals surface area contributed by atoms with Crippen LogP contribution in [0, 0.1) is 0 Å². The van der Waals surface area contributed by atoms with Crippen molar-refractivity contribution in [3.8, 4) is 0 Å². The molecule has 0 bridgehead atoms. The van der Waals surface area contributed by atoms with Crippen molar-refractivity contribution in [3.63, 3.8) is 0 Å². The molecule has 0 spiro atoms. The predicted molar refractivity (Wildman–Crippen MR) is 302 cm³/mol. The molecule has 0 rings (SSSR count). The quantitative estimate of drug-likeness (QED) is 0.0262. The number of ether oxygens (including phenoxy) is 3. The molecule has 0 aliphatic rings. The summed E-state index contributed by atoms with van der Waals surface area (Å²) < 4.78 is 16.7. The molecule has 0 saturated heterocycles. The van der Waals surface area contributed by atoms with Gasteiger partial charge in [0, 0.05) is 19.3 Å². The molecule has 0 radical (unpaired) electrons. The maximum absolute atomic E-state index is 12.8. The van der Waals surface area contributed by atoms with Crippen LogP contribution in [0.4, 0.5) is 0 Å². The van der Waals surface area contributed by atoms with Crippen LogP contribution in [0.2, 0.25) is 0 Å². The minimum atomic E-state index is -0.823. The van der Waals surface area contributed by atoms with E-state index in [1.807, 2.05) is 12.2 Å². The maximum Gasteiger partial charge on any atom is 0.306 e. The summed E-state index contributed by atoms with van der Waals surface area (Å²) in [6, 6.07) is 0. The number of rotatable bonds is 49. The first kappa shape index (κ1) is 65.5. The van der Waals surface area contributed by atoms with Gasteiger partial charge in [-0.1, -0.05) is 244 Å². The molecule has 6 nitrogen and oxygen atoms in total. The topological polar surface area (TPSA) is 78.9 Å². The first-order chi connectivity index (χ1) is 34.5. The van der Waals surface area contributed by atoms with Crippen molar-refractivity contribution in [2.75, 3.05) is 13.2 Å². The minimum absolute atomic E-state index is 0.113. The second kappa shape index (κ2) is 57.1. The van der Waals surface area contributed by atoms with Gasteiger partial charge in [0.05, 0.1) is 0 Å². The number of esters is 3. The number of hydrogen-bond acceptors (Lipinski definition) is 6. The second-order valence-corrected chi connectivity index (χ2v) is 18.1. The molecule has 0 amide bonds. The third kappa shape index (κ3) is 54.5. The van der Waals surface area contributed by atoms with Gasteiger partial charge in [0.1, 0.15) is 13.2 Å². The Bertz CT molecular complexity index is 1530. The molecular weight excluding hydrogens is 865 g/mol. The van der Waals surface area contributed by atoms with Crippen LogP contribution < -0.4 is 0 Å². The summed E-state index contributed by atoms with van der Waals surface area (Å²) in [6.45, 7) is 6.30. The summed E-state index contributed by atoms with van der Waals surface area (Å²) in [7, 11) is 0. The van der Waals surface area contributed by atoms with Crippen LogP contribution in [0.1, 0.15) is 233 Å². The molecule has 0 heterocycles. The molecule has 0 aromatic rings. The van der Waals surface area contributed by atoms with Crippen molar-refractivity contribution >= 4 is 17.9 Å². The summed E-state index contributed by atoms with van der Waals surface area (Å²) in [5, 5.41) is 0. The molecule has 0 fully saturated rings. The van der Waals surface area contributed by atoms with Crippen LogP contribution in [0.3, 0.4) is 0 Å². The van der Waals surface area contributed by atoms with Gasteiger partial charge in [0.2, 0.25) is 0 Å². The summed E-state index contributed by atoms with van der Waals surface area (Å²) in [6.07, 6.45) is 80.4. The summed E-state index contributed by atoms with van der Waals surface area (Å²) in [4.78, 5) is 38.0. The maximum atomic E-state index is 12.8. The monoisotopic (exact) mass is 967 g/mol. The van der Waals surface area contributed by atoms with Gasteiger partial charge in [0.15, 0.2) is 6.10 Å². The lowest BCUT2D eigenvalue weighted by atomic mass is 10.1. The standard InChI is InChI=1S/C64H102O6/c1-4-7-10-13-16-19-21-23-25-27-29-30-31-32-33-34-36-37-39-41-43-45-48-51-54-57-63(66)69-60-61(59-68-62(65)56-53-50-47-18-15-12-9-6-3)70-64(67)58-55-52-49-46-44-42-40-38-35-28-26-24-22-20-17-14-11-8-5-2/h7-8,10-11,16-17,19-20,23-26,29-30,32-33,35,38,42,44,49,52,61H,4-6,9,12-15,18,21-22,27-28,31,34,36-37,39-41,43,45-48,50-51,53-60H2,1-3H3/b10-7-,11-8-,19-16-,20-17-,25-23-,26-24-,30-29-,33-32-,38-35-,44-42-,52-49-. The molecule has 1 unspecified atom stereocenters. The van der Waals surface area contributed by atoms with E-state index in [1.165, 1.54) is 70.6 Å². The zero-order chi connectivity index (χ0) is 50.7. The smallest absolute Gasteiger partial charge is 0.306 e. The third-order valence-corrected chi connectivity index (χ3v) is 11.4. The SMILES string of the molecule is CC/C=C\C/C=C\C/C=C\C/C=C\C/C=C\C/C=C\CCC(=O)OC(COC(=O)CCCCCCCCCC)COC(=O)CCCCCCCCCCC/C=C\C/C=C\C/C=C\C/C=C\C/C=C\CC. The van der Waals surface area contributed by atoms with Crippen LogP contribution in [0.25, 0.3) is 0 Å². The Hall–Kier alpha value is -4.45. The number of unbranched alkanes of at least 4 members (excludes halogenated alkanes) is 16. The Morgan fingerprint density at radius 2 is 0.586 bits per heavy atom. The van der Waals surface area contributed by atoms with Gasteiger partial charge in [-0.25, -0.2) is 0 Å². The zero-order valence-corrected chi connectivity index (χ0v) is 45.0. The highest BCUT2D eigenvalue weighted by molar-refractivity contribution is 5.71. The number of carbonyl (C=O) groups is 3. The first-order valence-corrected chi connectivity index (χ1v) is 28.2. The minimum Gasteiger partial charge on any atom is -0.462 e. The Kier molecular flexibility index (Phi) is 53.5. The van der Waals surface area contributed by atoms with Gasteiger partial charge in [-0.05, 0) is 103 Å². The van der Waals surface area contributed by atoms with Crippen molar-refractivity contribution < 1.29 is 28.6 Å². The lowest BCUT2D eigenvalue weighted by Gasteiger charge is -2.18. The fourth-order valence-corrected chi connectivity index (χ4v) is 7.26. The van der Waals surface area contributed by atoms with Crippen LogP contribution in [-0.4, -0.2) is 37.2 Å². The van der Waals surface area contributed by atoms with Crippen molar-refractivity contribution in [2.45, 2.75) is 239 Å². The highest BCUT2D eigenvalue weighted by Gasteiger charge is 2.19. The van der Waals surface area contributed by atoms with Crippen molar-refractivity contribution in [1.82, 2.24) is 0 Å². The van der Waals surface area contributed by atoms with E-state index in [4.69, 9.17) is 14.2 Å². The van der Waals surface area contributed by atoms with Gasteiger partial charge >= 0.3 is 17.9 Å². The Balaban J connectivity index is 4.36. The molecule has 1 atom stereocenters. The summed E-state index contributed by atoms with van der Waals surface area (Å²) >= 11 is 0. The average molecular weight is 968 g/mol. The number of allylic oxidation sites excluding steroid dienone is 22. The molecule has 6 heteroatoms. The van der Waals surface area contributed by atoms with Gasteiger partial charge in [-0.2, -0.15) is 0 Å². The zero-order valence-electron chi connectivity index (χ0n) is 45.0. The number of hydrogen-bond donors (Lipinski definition) is 0. The third-order valence-electron chi connectivity index (χ3n) is 11.4. The van der Waals surface area contributed by atoms with E-state index in [1.54, 1.807) is 0 Å². The molecule has 0 aromatic carbocycles. The molecule has 0 aliphatic carbocycles. The van der Waals surface area contributed by atoms with Crippen LogP contribution in [-0.2, 0) is 28.6 Å². The van der Waals surface area contributed by atoms with E-state index in [0.717, 1.165) is 116 Å². The molecule has 0 aromatic heterocycles. The van der Waals surface area contributed by atoms with E-state index in [0.29, 0.717) is 19.3 Å². The normalized spacial score (nSPS) is 13.1. The van der Waals surface area contributed by atoms with Crippen molar-refractivity contribution in [3.05, 3.63) is 134 Å². The highest BCUT2D eigenvalue weighted by atomic mass is 16.6. The van der Waals surface area contributed by atoms with E-state index >= 15 is 0 Å². The lowest BCUT2D eigenvalue weighted by Crippen LogP contribution is -2.30. The van der Waals surface area contributed by atoms with Crippen LogP contribution >= 0.6 is 0 Å². The molecule has 0 saturated carbocycles. The Morgan fingerprint density at radius 1 is 0.300 bits per heavy atom. The van der Waals surface area contributed by atoms with E-state index in [-0.39, 0.29) is 31.6 Å². The van der Waals surface area contributed by atoms with Gasteiger partial charge in [-0.15, -0.1) is 0 Å². The molecule has 70 heavy (non-hydrogen) atoms. The fourth-order valence-electron chi connectivity index (χ4n) is 7.26. The first-order valence-electron chi connectivity index (χ1n) is 28.2. The second-order valence-electron chi connectivity index (χ2n) is 18.1. The van der Waals surface area contributed by atoms with Crippen LogP contribution in [0.15, 0.2) is 134 Å². The van der Waals surface area contributed by atoms with Crippen LogP contribution in [0.5, 0.6) is 0 Å². The van der Waals surface area contributed by atoms with Gasteiger partial charge in [0.25, 0.3) is 0 Å². The van der Waals surface area contributed by atoms with Crippen molar-refractivity contribution in [1.29, 1.82) is 0 Å². The van der Waals surface area contributed by atoms with E-state index < -0.39 is 12.1 Å². The molecular formula is C64H102O6. The lowest BCUT2D eigenvalue weighted by molar-refractivity contribution is -0.166. The molecule has 0 N–H and O–H groups in total. The van der Waals surface area contributed by atoms with E-state index in [9.17, 15) is 14.4 Å². The summed E-state index contributed by atoms with van der Waals surface area (Å²) in [5.41, 5.74) is 0. The number of carbonyl (C=O) groups excluding carboxylic acids is 3. The van der Waals surface area contributed by atoms with Crippen molar-refractivity contribution in [2.24, 2.45) is 0 Å². The summed E-state index contributed by atoms with van der Waals surface area (Å²) in [5.74, 6) is -1.01. The van der Waals surface area contributed by atoms with E-state index in [2.05, 4.69) is 142 Å². The highest BCUT2D eigenvalue weighted by Crippen LogP contribution is 2.14. The predicted octanol–water partition coefficient (Wildman–Crippen LogP) is 19.0. The molecule has 0 aliphatic heterocycles. The van der Waals surface area contributed by atoms with Gasteiger partial charge < -0.3 is 14.2 Å². The largest absolute Gasteiger partial charge is 0.462 e. The Labute approximate surface area is 430 Å².